The van der Waals surface area contributed by atoms with Crippen LogP contribution in [0, 0.1) is 0 Å². The van der Waals surface area contributed by atoms with Crippen molar-refractivity contribution in [2.75, 3.05) is 5.32 Å². The molecule has 1 aliphatic carbocycles. The Bertz CT molecular complexity index is 1000. The van der Waals surface area contributed by atoms with Gasteiger partial charge in [0.1, 0.15) is 0 Å². The van der Waals surface area contributed by atoms with Crippen LogP contribution < -0.4 is 5.32 Å². The minimum absolute atomic E-state index is 0.0526. The van der Waals surface area contributed by atoms with Crippen molar-refractivity contribution in [3.05, 3.63) is 70.9 Å². The molecule has 0 saturated carbocycles. The molecule has 0 unspecified atom stereocenters. The SMILES string of the molecule is CC(=O)c1ccc(-c2cccc(CC(=O)Nc3n[nH]c4c3CCC4)c2)cc1. The van der Waals surface area contributed by atoms with Crippen molar-refractivity contribution < 1.29 is 9.59 Å². The van der Waals surface area contributed by atoms with Crippen molar-refractivity contribution in [2.24, 2.45) is 0 Å². The summed E-state index contributed by atoms with van der Waals surface area (Å²) in [5.41, 5.74) is 5.96. The summed E-state index contributed by atoms with van der Waals surface area (Å²) in [5.74, 6) is 0.653. The fourth-order valence-corrected chi connectivity index (χ4v) is 3.54. The number of rotatable bonds is 5. The number of aromatic nitrogens is 2. The summed E-state index contributed by atoms with van der Waals surface area (Å²) in [6.07, 6.45) is 3.37. The molecule has 1 heterocycles. The van der Waals surface area contributed by atoms with Crippen LogP contribution in [0.15, 0.2) is 48.5 Å². The van der Waals surface area contributed by atoms with Gasteiger partial charge in [0.25, 0.3) is 0 Å². The van der Waals surface area contributed by atoms with E-state index in [2.05, 4.69) is 15.5 Å². The number of anilines is 1. The Hall–Kier alpha value is -3.21. The summed E-state index contributed by atoms with van der Waals surface area (Å²) >= 11 is 0. The number of aromatic amines is 1. The Morgan fingerprint density at radius 2 is 1.89 bits per heavy atom. The number of nitrogens with one attached hydrogen (secondary N) is 2. The highest BCUT2D eigenvalue weighted by Gasteiger charge is 2.19. The van der Waals surface area contributed by atoms with Crippen molar-refractivity contribution in [3.63, 3.8) is 0 Å². The molecule has 0 aliphatic heterocycles. The first-order valence-electron chi connectivity index (χ1n) is 9.16. The molecule has 0 atom stereocenters. The molecule has 0 bridgehead atoms. The first kappa shape index (κ1) is 17.2. The zero-order valence-corrected chi connectivity index (χ0v) is 15.2. The topological polar surface area (TPSA) is 74.8 Å². The molecule has 5 heteroatoms. The average Bonchev–Trinajstić information content (AvgIpc) is 3.27. The molecule has 0 spiro atoms. The number of aryl methyl sites for hydroxylation is 1. The van der Waals surface area contributed by atoms with E-state index in [-0.39, 0.29) is 11.7 Å². The standard InChI is InChI=1S/C22H21N3O2/c1-14(26)16-8-10-17(11-9-16)18-5-2-4-15(12-18)13-21(27)23-22-19-6-3-7-20(19)24-25-22/h2,4-5,8-12H,3,6-7,13H2,1H3,(H2,23,24,25,27). The van der Waals surface area contributed by atoms with Crippen LogP contribution in [0.25, 0.3) is 11.1 Å². The number of H-pyrrole nitrogens is 1. The number of fused-ring (bicyclic) bond motifs is 1. The van der Waals surface area contributed by atoms with Crippen LogP contribution in [0.3, 0.4) is 0 Å². The third-order valence-corrected chi connectivity index (χ3v) is 4.98. The van der Waals surface area contributed by atoms with E-state index in [4.69, 9.17) is 0 Å². The second-order valence-electron chi connectivity index (χ2n) is 6.94. The highest BCUT2D eigenvalue weighted by Crippen LogP contribution is 2.26. The number of carbonyl (C=O) groups is 2. The molecule has 5 nitrogen and oxygen atoms in total. The molecule has 4 rings (SSSR count). The van der Waals surface area contributed by atoms with E-state index in [0.717, 1.165) is 47.2 Å². The van der Waals surface area contributed by atoms with Crippen LogP contribution in [-0.4, -0.2) is 21.9 Å². The Labute approximate surface area is 157 Å². The first-order valence-corrected chi connectivity index (χ1v) is 9.16. The molecule has 136 valence electrons. The van der Waals surface area contributed by atoms with E-state index in [1.54, 1.807) is 6.92 Å². The van der Waals surface area contributed by atoms with Crippen LogP contribution in [0.5, 0.6) is 0 Å². The molecule has 27 heavy (non-hydrogen) atoms. The summed E-state index contributed by atoms with van der Waals surface area (Å²) in [5, 5.41) is 10.2. The fourth-order valence-electron chi connectivity index (χ4n) is 3.54. The van der Waals surface area contributed by atoms with Crippen LogP contribution in [0.1, 0.15) is 40.5 Å². The molecule has 1 aromatic heterocycles. The molecule has 0 radical (unpaired) electrons. The lowest BCUT2D eigenvalue weighted by Gasteiger charge is -2.07. The van der Waals surface area contributed by atoms with E-state index in [1.807, 2.05) is 48.5 Å². The maximum Gasteiger partial charge on any atom is 0.230 e. The smallest absolute Gasteiger partial charge is 0.230 e. The van der Waals surface area contributed by atoms with Crippen LogP contribution >= 0.6 is 0 Å². The quantitative estimate of drug-likeness (QED) is 0.677. The van der Waals surface area contributed by atoms with E-state index < -0.39 is 0 Å². The lowest BCUT2D eigenvalue weighted by Crippen LogP contribution is -2.15. The van der Waals surface area contributed by atoms with E-state index in [1.165, 1.54) is 0 Å². The minimum Gasteiger partial charge on any atom is -0.309 e. The molecule has 1 aliphatic rings. The van der Waals surface area contributed by atoms with E-state index >= 15 is 0 Å². The monoisotopic (exact) mass is 359 g/mol. The van der Waals surface area contributed by atoms with Gasteiger partial charge in [0.15, 0.2) is 11.6 Å². The summed E-state index contributed by atoms with van der Waals surface area (Å²) in [6.45, 7) is 1.56. The molecule has 3 aromatic rings. The molecule has 2 aromatic carbocycles. The molecule has 0 saturated heterocycles. The van der Waals surface area contributed by atoms with Crippen molar-refractivity contribution in [2.45, 2.75) is 32.6 Å². The van der Waals surface area contributed by atoms with Crippen LogP contribution in [0.2, 0.25) is 0 Å². The lowest BCUT2D eigenvalue weighted by atomic mass is 10.00. The summed E-state index contributed by atoms with van der Waals surface area (Å²) in [7, 11) is 0. The summed E-state index contributed by atoms with van der Waals surface area (Å²) in [4.78, 5) is 23.9. The number of carbonyl (C=O) groups excluding carboxylic acids is 2. The predicted octanol–water partition coefficient (Wildman–Crippen LogP) is 3.95. The number of Topliss-reactive ketones (excluding diaryl/α,β-unsaturated/α-hetero) is 1. The van der Waals surface area contributed by atoms with Gasteiger partial charge in [0.05, 0.1) is 6.42 Å². The minimum atomic E-state index is -0.0692. The first-order chi connectivity index (χ1) is 13.1. The highest BCUT2D eigenvalue weighted by molar-refractivity contribution is 5.94. The number of nitrogens with zero attached hydrogens (tertiary/aromatic N) is 1. The summed E-state index contributed by atoms with van der Waals surface area (Å²) < 4.78 is 0. The van der Waals surface area contributed by atoms with Crippen LogP contribution in [0.4, 0.5) is 5.82 Å². The normalized spacial score (nSPS) is 12.6. The third-order valence-electron chi connectivity index (χ3n) is 4.98. The van der Waals surface area contributed by atoms with Crippen molar-refractivity contribution in [1.29, 1.82) is 0 Å². The van der Waals surface area contributed by atoms with Gasteiger partial charge in [-0.2, -0.15) is 5.10 Å². The number of benzene rings is 2. The van der Waals surface area contributed by atoms with Gasteiger partial charge >= 0.3 is 0 Å². The van der Waals surface area contributed by atoms with Gasteiger partial charge in [-0.25, -0.2) is 0 Å². The molecular formula is C22H21N3O2. The van der Waals surface area contributed by atoms with Gasteiger partial charge in [-0.1, -0.05) is 48.5 Å². The Morgan fingerprint density at radius 3 is 2.67 bits per heavy atom. The van der Waals surface area contributed by atoms with Crippen molar-refractivity contribution in [1.82, 2.24) is 10.2 Å². The largest absolute Gasteiger partial charge is 0.309 e. The molecular weight excluding hydrogens is 338 g/mol. The van der Waals surface area contributed by atoms with Crippen molar-refractivity contribution in [3.8, 4) is 11.1 Å². The van der Waals surface area contributed by atoms with Crippen molar-refractivity contribution >= 4 is 17.5 Å². The second-order valence-corrected chi connectivity index (χ2v) is 6.94. The second kappa shape index (κ2) is 7.19. The van der Waals surface area contributed by atoms with Crippen LogP contribution in [-0.2, 0) is 24.1 Å². The fraction of sp³-hybridized carbons (Fsp3) is 0.227. The van der Waals surface area contributed by atoms with Gasteiger partial charge in [-0.15, -0.1) is 0 Å². The molecule has 1 amide bonds. The maximum atomic E-state index is 12.4. The average molecular weight is 359 g/mol. The van der Waals surface area contributed by atoms with Gasteiger partial charge in [-0.05, 0) is 42.9 Å². The molecule has 2 N–H and O–H groups in total. The van der Waals surface area contributed by atoms with Gasteiger partial charge in [0, 0.05) is 16.8 Å². The lowest BCUT2D eigenvalue weighted by molar-refractivity contribution is -0.115. The zero-order valence-electron chi connectivity index (χ0n) is 15.2. The zero-order chi connectivity index (χ0) is 18.8. The van der Waals surface area contributed by atoms with Gasteiger partial charge in [-0.3, -0.25) is 14.7 Å². The summed E-state index contributed by atoms with van der Waals surface area (Å²) in [6, 6.07) is 15.4. The van der Waals surface area contributed by atoms with E-state index in [9.17, 15) is 9.59 Å². The van der Waals surface area contributed by atoms with Gasteiger partial charge in [0.2, 0.25) is 5.91 Å². The maximum absolute atomic E-state index is 12.4. The highest BCUT2D eigenvalue weighted by atomic mass is 16.1. The Morgan fingerprint density at radius 1 is 1.07 bits per heavy atom. The molecule has 0 fully saturated rings. The number of amides is 1. The Balaban J connectivity index is 1.47. The third kappa shape index (κ3) is 3.67. The number of hydrogen-bond acceptors (Lipinski definition) is 3. The number of hydrogen-bond donors (Lipinski definition) is 2. The van der Waals surface area contributed by atoms with E-state index in [0.29, 0.717) is 17.8 Å². The van der Waals surface area contributed by atoms with Gasteiger partial charge < -0.3 is 5.32 Å². The predicted molar refractivity (Wildman–Crippen MR) is 105 cm³/mol. The number of ketones is 1. The Kier molecular flexibility index (Phi) is 4.59.